The molecule has 0 bridgehead atoms. The Bertz CT molecular complexity index is 805. The molecule has 0 aliphatic heterocycles. The zero-order valence-electron chi connectivity index (χ0n) is 18.1. The molecule has 0 heterocycles. The van der Waals surface area contributed by atoms with E-state index in [1.807, 2.05) is 32.0 Å². The van der Waals surface area contributed by atoms with E-state index in [1.165, 1.54) is 24.0 Å². The standard InChI is InChI=1S/C25H34N2O2/c1-17-12-22(28)13-18(2)23(17)14-21(27(3)4)16-26-25(29)15-24(20-10-11-20)19-8-6-5-7-9-19/h5-9,12-13,20-21,24,28H,10-11,14-16H2,1-4H3,(H,26,29). The lowest BCUT2D eigenvalue weighted by Gasteiger charge is -2.27. The number of nitrogens with one attached hydrogen (secondary N) is 1. The van der Waals surface area contributed by atoms with Gasteiger partial charge in [0.1, 0.15) is 5.75 Å². The topological polar surface area (TPSA) is 52.6 Å². The number of phenolic OH excluding ortho intramolecular Hbond substituents is 1. The number of likely N-dealkylation sites (N-methyl/N-ethyl adjacent to an activating group) is 1. The van der Waals surface area contributed by atoms with Gasteiger partial charge in [-0.05, 0) is 93.4 Å². The number of carbonyl (C=O) groups excluding carboxylic acids is 1. The number of benzene rings is 2. The van der Waals surface area contributed by atoms with Gasteiger partial charge in [0.25, 0.3) is 0 Å². The Labute approximate surface area is 174 Å². The molecule has 2 atom stereocenters. The molecule has 2 N–H and O–H groups in total. The molecule has 0 radical (unpaired) electrons. The number of hydrogen-bond donors (Lipinski definition) is 2. The average Bonchev–Trinajstić information content (AvgIpc) is 3.50. The third-order valence-corrected chi connectivity index (χ3v) is 6.21. The summed E-state index contributed by atoms with van der Waals surface area (Å²) in [5.41, 5.74) is 4.72. The van der Waals surface area contributed by atoms with Crippen LogP contribution in [0.2, 0.25) is 0 Å². The van der Waals surface area contributed by atoms with E-state index < -0.39 is 0 Å². The van der Waals surface area contributed by atoms with Gasteiger partial charge in [0.15, 0.2) is 0 Å². The van der Waals surface area contributed by atoms with Crippen molar-refractivity contribution in [1.29, 1.82) is 0 Å². The molecule has 1 saturated carbocycles. The third kappa shape index (κ3) is 5.83. The molecule has 2 unspecified atom stereocenters. The summed E-state index contributed by atoms with van der Waals surface area (Å²) in [6.07, 6.45) is 3.86. The van der Waals surface area contributed by atoms with Crippen molar-refractivity contribution in [2.24, 2.45) is 5.92 Å². The number of carbonyl (C=O) groups is 1. The van der Waals surface area contributed by atoms with Gasteiger partial charge in [0.2, 0.25) is 5.91 Å². The number of phenols is 1. The molecule has 2 aromatic carbocycles. The first-order valence-corrected chi connectivity index (χ1v) is 10.6. The summed E-state index contributed by atoms with van der Waals surface area (Å²) in [6, 6.07) is 14.3. The SMILES string of the molecule is Cc1cc(O)cc(C)c1CC(CNC(=O)CC(c1ccccc1)C1CC1)N(C)C. The van der Waals surface area contributed by atoms with Gasteiger partial charge in [0.05, 0.1) is 0 Å². The molecule has 1 aliphatic carbocycles. The summed E-state index contributed by atoms with van der Waals surface area (Å²) < 4.78 is 0. The van der Waals surface area contributed by atoms with Crippen molar-refractivity contribution in [3.8, 4) is 5.75 Å². The number of rotatable bonds is 9. The Kier molecular flexibility index (Phi) is 6.96. The van der Waals surface area contributed by atoms with Crippen LogP contribution in [0.4, 0.5) is 0 Å². The number of amides is 1. The highest BCUT2D eigenvalue weighted by Gasteiger charge is 2.33. The van der Waals surface area contributed by atoms with Crippen molar-refractivity contribution < 1.29 is 9.90 Å². The maximum atomic E-state index is 12.8. The van der Waals surface area contributed by atoms with Crippen LogP contribution in [0, 0.1) is 19.8 Å². The maximum absolute atomic E-state index is 12.8. The zero-order valence-corrected chi connectivity index (χ0v) is 18.1. The summed E-state index contributed by atoms with van der Waals surface area (Å²) in [6.45, 7) is 4.69. The molecule has 156 valence electrons. The molecular formula is C25H34N2O2. The normalized spacial score (nSPS) is 15.9. The molecule has 29 heavy (non-hydrogen) atoms. The fourth-order valence-electron chi connectivity index (χ4n) is 4.22. The minimum Gasteiger partial charge on any atom is -0.508 e. The molecule has 0 spiro atoms. The predicted octanol–water partition coefficient (Wildman–Crippen LogP) is 4.18. The third-order valence-electron chi connectivity index (χ3n) is 6.21. The van der Waals surface area contributed by atoms with E-state index in [9.17, 15) is 9.90 Å². The van der Waals surface area contributed by atoms with Crippen LogP contribution >= 0.6 is 0 Å². The van der Waals surface area contributed by atoms with Crippen LogP contribution in [-0.2, 0) is 11.2 Å². The highest BCUT2D eigenvalue weighted by atomic mass is 16.3. The molecule has 4 nitrogen and oxygen atoms in total. The lowest BCUT2D eigenvalue weighted by molar-refractivity contribution is -0.121. The van der Waals surface area contributed by atoms with Gasteiger partial charge in [-0.2, -0.15) is 0 Å². The molecule has 3 rings (SSSR count). The van der Waals surface area contributed by atoms with Crippen LogP contribution in [0.5, 0.6) is 5.75 Å². The van der Waals surface area contributed by atoms with Crippen molar-refractivity contribution in [3.63, 3.8) is 0 Å². The average molecular weight is 395 g/mol. The first kappa shape index (κ1) is 21.4. The van der Waals surface area contributed by atoms with Crippen molar-refractivity contribution in [2.45, 2.75) is 51.5 Å². The second-order valence-electron chi connectivity index (χ2n) is 8.74. The van der Waals surface area contributed by atoms with E-state index in [2.05, 4.69) is 48.6 Å². The van der Waals surface area contributed by atoms with E-state index in [4.69, 9.17) is 0 Å². The minimum absolute atomic E-state index is 0.136. The van der Waals surface area contributed by atoms with Gasteiger partial charge in [-0.15, -0.1) is 0 Å². The van der Waals surface area contributed by atoms with E-state index >= 15 is 0 Å². The fourth-order valence-corrected chi connectivity index (χ4v) is 4.22. The summed E-state index contributed by atoms with van der Waals surface area (Å²) >= 11 is 0. The van der Waals surface area contributed by atoms with Gasteiger partial charge in [0, 0.05) is 19.0 Å². The highest BCUT2D eigenvalue weighted by Crippen LogP contribution is 2.44. The van der Waals surface area contributed by atoms with Crippen LogP contribution in [0.1, 0.15) is 47.4 Å². The first-order valence-electron chi connectivity index (χ1n) is 10.6. The van der Waals surface area contributed by atoms with E-state index in [-0.39, 0.29) is 11.9 Å². The molecule has 0 saturated heterocycles. The summed E-state index contributed by atoms with van der Waals surface area (Å²) in [5, 5.41) is 13.0. The van der Waals surface area contributed by atoms with Crippen LogP contribution in [-0.4, -0.2) is 42.6 Å². The number of hydrogen-bond acceptors (Lipinski definition) is 3. The van der Waals surface area contributed by atoms with Gasteiger partial charge in [-0.3, -0.25) is 4.79 Å². The van der Waals surface area contributed by atoms with Gasteiger partial charge >= 0.3 is 0 Å². The molecule has 1 aliphatic rings. The van der Waals surface area contributed by atoms with E-state index in [1.54, 1.807) is 0 Å². The minimum atomic E-state index is 0.136. The van der Waals surface area contributed by atoms with Crippen LogP contribution in [0.3, 0.4) is 0 Å². The maximum Gasteiger partial charge on any atom is 0.220 e. The molecule has 2 aromatic rings. The summed E-state index contributed by atoms with van der Waals surface area (Å²) in [5.74, 6) is 1.42. The molecule has 1 fully saturated rings. The van der Waals surface area contributed by atoms with E-state index in [0.717, 1.165) is 17.5 Å². The van der Waals surface area contributed by atoms with Crippen molar-refractivity contribution in [3.05, 3.63) is 64.7 Å². The predicted molar refractivity (Wildman–Crippen MR) is 118 cm³/mol. The Morgan fingerprint density at radius 2 is 1.76 bits per heavy atom. The van der Waals surface area contributed by atoms with Gasteiger partial charge in [-0.25, -0.2) is 0 Å². The second-order valence-corrected chi connectivity index (χ2v) is 8.74. The Hall–Kier alpha value is -2.33. The van der Waals surface area contributed by atoms with E-state index in [0.29, 0.717) is 30.6 Å². The van der Waals surface area contributed by atoms with Crippen LogP contribution < -0.4 is 5.32 Å². The summed E-state index contributed by atoms with van der Waals surface area (Å²) in [4.78, 5) is 14.9. The number of aromatic hydroxyl groups is 1. The Balaban J connectivity index is 1.61. The lowest BCUT2D eigenvalue weighted by Crippen LogP contribution is -2.42. The van der Waals surface area contributed by atoms with Crippen molar-refractivity contribution >= 4 is 5.91 Å². The smallest absolute Gasteiger partial charge is 0.220 e. The molecule has 1 amide bonds. The van der Waals surface area contributed by atoms with Crippen molar-refractivity contribution in [2.75, 3.05) is 20.6 Å². The Morgan fingerprint density at radius 1 is 1.14 bits per heavy atom. The fraction of sp³-hybridized carbons (Fsp3) is 0.480. The van der Waals surface area contributed by atoms with Crippen LogP contribution in [0.25, 0.3) is 0 Å². The first-order chi connectivity index (χ1) is 13.8. The lowest BCUT2D eigenvalue weighted by atomic mass is 9.90. The quantitative estimate of drug-likeness (QED) is 0.671. The molecular weight excluding hydrogens is 360 g/mol. The molecule has 4 heteroatoms. The second kappa shape index (κ2) is 9.45. The monoisotopic (exact) mass is 394 g/mol. The van der Waals surface area contributed by atoms with Crippen LogP contribution in [0.15, 0.2) is 42.5 Å². The number of nitrogens with zero attached hydrogens (tertiary/aromatic N) is 1. The van der Waals surface area contributed by atoms with Gasteiger partial charge < -0.3 is 15.3 Å². The molecule has 0 aromatic heterocycles. The van der Waals surface area contributed by atoms with Crippen molar-refractivity contribution in [1.82, 2.24) is 10.2 Å². The summed E-state index contributed by atoms with van der Waals surface area (Å²) in [7, 11) is 4.11. The zero-order chi connectivity index (χ0) is 21.0. The Morgan fingerprint density at radius 3 is 2.31 bits per heavy atom. The largest absolute Gasteiger partial charge is 0.508 e. The van der Waals surface area contributed by atoms with Gasteiger partial charge in [-0.1, -0.05) is 30.3 Å². The highest BCUT2D eigenvalue weighted by molar-refractivity contribution is 5.77. The number of aryl methyl sites for hydroxylation is 2.